The number of hydrazone groups is 1. The van der Waals surface area contributed by atoms with Gasteiger partial charge >= 0.3 is 0 Å². The summed E-state index contributed by atoms with van der Waals surface area (Å²) < 4.78 is 5.99. The summed E-state index contributed by atoms with van der Waals surface area (Å²) in [5.74, 6) is 0.00589. The fourth-order valence-electron chi connectivity index (χ4n) is 2.53. The molecule has 1 amide bonds. The number of aromatic nitrogens is 5. The average Bonchev–Trinajstić information content (AvgIpc) is 3.47. The van der Waals surface area contributed by atoms with Crippen LogP contribution in [-0.2, 0) is 5.75 Å². The van der Waals surface area contributed by atoms with Crippen molar-refractivity contribution in [1.82, 2.24) is 30.7 Å². The van der Waals surface area contributed by atoms with Gasteiger partial charge < -0.3 is 5.73 Å². The molecule has 0 fully saturated rings. The zero-order chi connectivity index (χ0) is 21.8. The van der Waals surface area contributed by atoms with Gasteiger partial charge in [0.15, 0.2) is 5.69 Å². The van der Waals surface area contributed by atoms with Crippen LogP contribution in [-0.4, -0.2) is 37.4 Å². The molecule has 0 aliphatic rings. The lowest BCUT2D eigenvalue weighted by molar-refractivity contribution is 0.0949. The second kappa shape index (κ2) is 9.29. The van der Waals surface area contributed by atoms with Gasteiger partial charge in [-0.05, 0) is 53.6 Å². The summed E-state index contributed by atoms with van der Waals surface area (Å²) in [5, 5.41) is 20.0. The molecule has 0 radical (unpaired) electrons. The molecule has 0 saturated carbocycles. The second-order valence-electron chi connectivity index (χ2n) is 6.16. The molecule has 0 saturated heterocycles. The van der Waals surface area contributed by atoms with Crippen LogP contribution in [0.4, 0.5) is 5.82 Å². The number of aryl methyl sites for hydroxylation is 1. The Kier molecular flexibility index (Phi) is 6.30. The number of amides is 1. The Labute approximate surface area is 189 Å². The fourth-order valence-corrected chi connectivity index (χ4v) is 4.29. The molecule has 13 heteroatoms. The molecule has 0 spiro atoms. The molecule has 0 aliphatic heterocycles. The van der Waals surface area contributed by atoms with E-state index in [1.807, 2.05) is 31.2 Å². The van der Waals surface area contributed by atoms with Crippen LogP contribution >= 0.6 is 34.7 Å². The van der Waals surface area contributed by atoms with E-state index in [1.165, 1.54) is 16.4 Å². The van der Waals surface area contributed by atoms with E-state index in [1.54, 1.807) is 29.7 Å². The van der Waals surface area contributed by atoms with Crippen LogP contribution in [0.25, 0.3) is 5.82 Å². The number of nitrogens with zero attached hydrogens (tertiary/aromatic N) is 6. The van der Waals surface area contributed by atoms with Gasteiger partial charge in [0, 0.05) is 25.4 Å². The topological polar surface area (TPSA) is 137 Å². The van der Waals surface area contributed by atoms with E-state index in [2.05, 4.69) is 35.8 Å². The number of benzene rings is 1. The number of anilines is 1. The molecule has 0 bridgehead atoms. The van der Waals surface area contributed by atoms with Crippen LogP contribution in [0.5, 0.6) is 0 Å². The first-order valence-corrected chi connectivity index (χ1v) is 11.0. The Morgan fingerprint density at radius 3 is 2.81 bits per heavy atom. The van der Waals surface area contributed by atoms with E-state index in [9.17, 15) is 4.79 Å². The van der Waals surface area contributed by atoms with Crippen molar-refractivity contribution in [3.05, 3.63) is 62.6 Å². The number of carbonyl (C=O) groups excluding carboxylic acids is 1. The summed E-state index contributed by atoms with van der Waals surface area (Å²) in [6.07, 6.45) is 1.57. The van der Waals surface area contributed by atoms with Gasteiger partial charge in [-0.2, -0.15) is 9.78 Å². The van der Waals surface area contributed by atoms with Gasteiger partial charge in [0.05, 0.1) is 11.9 Å². The van der Waals surface area contributed by atoms with Crippen molar-refractivity contribution >= 4 is 52.6 Å². The van der Waals surface area contributed by atoms with E-state index in [0.717, 1.165) is 14.6 Å². The van der Waals surface area contributed by atoms with Crippen LogP contribution in [0.1, 0.15) is 25.9 Å². The van der Waals surface area contributed by atoms with Crippen LogP contribution in [0.3, 0.4) is 0 Å². The molecule has 0 unspecified atom stereocenters. The summed E-state index contributed by atoms with van der Waals surface area (Å²) in [6, 6.07) is 11.2. The Balaban J connectivity index is 1.58. The number of carbonyl (C=O) groups is 1. The number of hydrogen-bond donors (Lipinski definition) is 2. The molecule has 4 rings (SSSR count). The number of nitrogen functional groups attached to an aromatic ring is 1. The van der Waals surface area contributed by atoms with E-state index < -0.39 is 5.91 Å². The number of thiophene rings is 1. The van der Waals surface area contributed by atoms with Crippen LogP contribution in [0, 0.1) is 6.92 Å². The number of halogens is 1. The molecule has 0 aliphatic carbocycles. The zero-order valence-corrected chi connectivity index (χ0v) is 18.4. The molecular weight excluding hydrogens is 460 g/mol. The molecule has 4 aromatic rings. The van der Waals surface area contributed by atoms with Crippen LogP contribution < -0.4 is 11.2 Å². The molecule has 3 N–H and O–H groups in total. The first kappa shape index (κ1) is 21.0. The van der Waals surface area contributed by atoms with Gasteiger partial charge in [-0.1, -0.05) is 16.8 Å². The third-order valence-corrected chi connectivity index (χ3v) is 6.19. The SMILES string of the molecule is Cc1ccc(/C=N\NC(=O)c2nnn(-c3nonc3N)c2CSc2ccc(Cl)cc2)s1. The largest absolute Gasteiger partial charge is 0.378 e. The van der Waals surface area contributed by atoms with Crippen molar-refractivity contribution in [2.45, 2.75) is 17.6 Å². The third-order valence-electron chi connectivity index (χ3n) is 3.98. The number of nitrogens with one attached hydrogen (secondary N) is 1. The lowest BCUT2D eigenvalue weighted by atomic mass is 10.3. The summed E-state index contributed by atoms with van der Waals surface area (Å²) in [6.45, 7) is 1.99. The van der Waals surface area contributed by atoms with Crippen molar-refractivity contribution in [3.63, 3.8) is 0 Å². The summed E-state index contributed by atoms with van der Waals surface area (Å²) in [4.78, 5) is 15.7. The highest BCUT2D eigenvalue weighted by Gasteiger charge is 2.24. The van der Waals surface area contributed by atoms with Crippen LogP contribution in [0.15, 0.2) is 51.0 Å². The lowest BCUT2D eigenvalue weighted by Crippen LogP contribution is -2.20. The molecule has 0 atom stereocenters. The van der Waals surface area contributed by atoms with E-state index in [-0.39, 0.29) is 17.3 Å². The number of rotatable bonds is 7. The lowest BCUT2D eigenvalue weighted by Gasteiger charge is -2.06. The van der Waals surface area contributed by atoms with Gasteiger partial charge in [-0.3, -0.25) is 4.79 Å². The van der Waals surface area contributed by atoms with Gasteiger partial charge in [-0.15, -0.1) is 28.2 Å². The molecule has 1 aromatic carbocycles. The van der Waals surface area contributed by atoms with E-state index in [0.29, 0.717) is 16.5 Å². The summed E-state index contributed by atoms with van der Waals surface area (Å²) >= 11 is 8.97. The van der Waals surface area contributed by atoms with Crippen molar-refractivity contribution in [2.24, 2.45) is 5.10 Å². The third kappa shape index (κ3) is 4.93. The minimum atomic E-state index is -0.516. The highest BCUT2D eigenvalue weighted by Crippen LogP contribution is 2.27. The average molecular weight is 475 g/mol. The van der Waals surface area contributed by atoms with Crippen LogP contribution in [0.2, 0.25) is 5.02 Å². The molecular formula is C18H15ClN8O2S2. The Bertz CT molecular complexity index is 1230. The molecule has 31 heavy (non-hydrogen) atoms. The van der Waals surface area contributed by atoms with Crippen molar-refractivity contribution in [1.29, 1.82) is 0 Å². The molecule has 10 nitrogen and oxygen atoms in total. The standard InChI is InChI=1S/C18H15ClN8O2S2/c1-10-2-5-13(31-10)8-21-23-18(28)15-14(9-30-12-6-3-11(19)4-7-12)27(26-22-15)17-16(20)24-29-25-17/h2-8H,9H2,1H3,(H2,20,24)(H,23,28)/b21-8-. The minimum Gasteiger partial charge on any atom is -0.378 e. The predicted molar refractivity (Wildman–Crippen MR) is 119 cm³/mol. The summed E-state index contributed by atoms with van der Waals surface area (Å²) in [5.41, 5.74) is 8.82. The normalized spacial score (nSPS) is 11.3. The zero-order valence-electron chi connectivity index (χ0n) is 16.0. The molecule has 3 aromatic heterocycles. The number of nitrogens with two attached hydrogens (primary N) is 1. The van der Waals surface area contributed by atoms with E-state index >= 15 is 0 Å². The smallest absolute Gasteiger partial charge is 0.293 e. The first-order valence-electron chi connectivity index (χ1n) is 8.82. The monoisotopic (exact) mass is 474 g/mol. The highest BCUT2D eigenvalue weighted by molar-refractivity contribution is 7.98. The number of thioether (sulfide) groups is 1. The Hall–Kier alpha value is -3.22. The second-order valence-corrected chi connectivity index (χ2v) is 8.96. The maximum absolute atomic E-state index is 12.7. The Morgan fingerprint density at radius 2 is 2.13 bits per heavy atom. The minimum absolute atomic E-state index is 0.0284. The Morgan fingerprint density at radius 1 is 1.32 bits per heavy atom. The van der Waals surface area contributed by atoms with Gasteiger partial charge in [0.25, 0.3) is 5.91 Å². The molecule has 3 heterocycles. The summed E-state index contributed by atoms with van der Waals surface area (Å²) in [7, 11) is 0. The fraction of sp³-hybridized carbons (Fsp3) is 0.111. The van der Waals surface area contributed by atoms with Crippen molar-refractivity contribution in [3.8, 4) is 5.82 Å². The van der Waals surface area contributed by atoms with Crippen molar-refractivity contribution in [2.75, 3.05) is 5.73 Å². The quantitative estimate of drug-likeness (QED) is 0.236. The molecule has 158 valence electrons. The maximum Gasteiger partial charge on any atom is 0.293 e. The predicted octanol–water partition coefficient (Wildman–Crippen LogP) is 3.31. The van der Waals surface area contributed by atoms with Gasteiger partial charge in [0.1, 0.15) is 0 Å². The van der Waals surface area contributed by atoms with Gasteiger partial charge in [-0.25, -0.2) is 10.1 Å². The number of hydrogen-bond acceptors (Lipinski definition) is 10. The highest BCUT2D eigenvalue weighted by atomic mass is 35.5. The first-order chi connectivity index (χ1) is 15.0. The maximum atomic E-state index is 12.7. The van der Waals surface area contributed by atoms with Crippen molar-refractivity contribution < 1.29 is 9.42 Å². The van der Waals surface area contributed by atoms with Gasteiger partial charge in [0.2, 0.25) is 11.6 Å². The van der Waals surface area contributed by atoms with E-state index in [4.69, 9.17) is 17.3 Å².